The van der Waals surface area contributed by atoms with Crippen LogP contribution in [-0.2, 0) is 12.8 Å². The number of likely N-dealkylation sites (tertiary alicyclic amines) is 1. The normalized spacial score (nSPS) is 24.0. The van der Waals surface area contributed by atoms with Gasteiger partial charge in [0.05, 0.1) is 5.69 Å². The molecule has 1 aromatic heterocycles. The van der Waals surface area contributed by atoms with Crippen LogP contribution in [0.25, 0.3) is 5.69 Å². The van der Waals surface area contributed by atoms with E-state index in [0.29, 0.717) is 12.1 Å². The van der Waals surface area contributed by atoms with Crippen molar-refractivity contribution in [3.05, 3.63) is 52.1 Å². The molecule has 0 saturated carbocycles. The topological polar surface area (TPSA) is 90.2 Å². The average Bonchev–Trinajstić information content (AvgIpc) is 2.85. The summed E-state index contributed by atoms with van der Waals surface area (Å²) in [4.78, 5) is 18.5. The fourth-order valence-corrected chi connectivity index (χ4v) is 4.31. The van der Waals surface area contributed by atoms with Crippen LogP contribution in [0.3, 0.4) is 0 Å². The first-order chi connectivity index (χ1) is 12.6. The summed E-state index contributed by atoms with van der Waals surface area (Å²) >= 11 is 0. The summed E-state index contributed by atoms with van der Waals surface area (Å²) in [5, 5.41) is 0. The summed E-state index contributed by atoms with van der Waals surface area (Å²) in [6.07, 6.45) is 8.45. The summed E-state index contributed by atoms with van der Waals surface area (Å²) in [5.41, 5.74) is 15.0. The number of rotatable bonds is 2. The Labute approximate surface area is 153 Å². The van der Waals surface area contributed by atoms with Crippen LogP contribution >= 0.6 is 0 Å². The van der Waals surface area contributed by atoms with E-state index in [-0.39, 0.29) is 11.5 Å². The molecule has 6 nitrogen and oxygen atoms in total. The molecular formula is C20H27N5O. The van der Waals surface area contributed by atoms with Gasteiger partial charge in [0.1, 0.15) is 5.82 Å². The van der Waals surface area contributed by atoms with Gasteiger partial charge < -0.3 is 11.5 Å². The number of nitrogen functional groups attached to an aromatic ring is 1. The van der Waals surface area contributed by atoms with Gasteiger partial charge in [0, 0.05) is 18.3 Å². The molecule has 2 unspecified atom stereocenters. The molecule has 0 spiro atoms. The first-order valence-electron chi connectivity index (χ1n) is 9.57. The number of benzene rings is 1. The van der Waals surface area contributed by atoms with Gasteiger partial charge in [0.25, 0.3) is 0 Å². The van der Waals surface area contributed by atoms with Crippen LogP contribution in [-0.4, -0.2) is 39.6 Å². The third-order valence-electron chi connectivity index (χ3n) is 5.82. The van der Waals surface area contributed by atoms with Crippen LogP contribution in [0.1, 0.15) is 36.8 Å². The summed E-state index contributed by atoms with van der Waals surface area (Å²) < 4.78 is 1.55. The van der Waals surface area contributed by atoms with E-state index in [1.54, 1.807) is 16.8 Å². The molecule has 2 aromatic rings. The highest BCUT2D eigenvalue weighted by Crippen LogP contribution is 2.27. The zero-order valence-electron chi connectivity index (χ0n) is 15.1. The molecule has 1 fully saturated rings. The van der Waals surface area contributed by atoms with Crippen LogP contribution in [0, 0.1) is 0 Å². The van der Waals surface area contributed by atoms with E-state index in [9.17, 15) is 4.79 Å². The molecular weight excluding hydrogens is 326 g/mol. The Morgan fingerprint density at radius 1 is 1.08 bits per heavy atom. The lowest BCUT2D eigenvalue weighted by Gasteiger charge is -2.34. The molecule has 2 atom stereocenters. The van der Waals surface area contributed by atoms with Crippen molar-refractivity contribution in [2.75, 3.05) is 18.8 Å². The average molecular weight is 353 g/mol. The molecule has 2 aliphatic rings. The standard InChI is InChI=1S/C20H27N5O/c21-16-2-1-9-24(10-7-16)17-5-3-15-13-18(6-4-14(15)12-17)25-11-8-19(22)23-20(25)26/h4,6,8,11,13,16-17H,1-3,5,7,9-10,12,21H2,(H2,22,23,26). The van der Waals surface area contributed by atoms with Gasteiger partial charge in [-0.1, -0.05) is 6.07 Å². The van der Waals surface area contributed by atoms with E-state index in [1.807, 2.05) is 6.07 Å². The van der Waals surface area contributed by atoms with Crippen molar-refractivity contribution in [2.24, 2.45) is 5.73 Å². The molecule has 26 heavy (non-hydrogen) atoms. The molecule has 1 saturated heterocycles. The highest BCUT2D eigenvalue weighted by molar-refractivity contribution is 5.43. The second-order valence-electron chi connectivity index (χ2n) is 7.58. The van der Waals surface area contributed by atoms with Crippen molar-refractivity contribution >= 4 is 5.82 Å². The van der Waals surface area contributed by atoms with Crippen molar-refractivity contribution in [3.63, 3.8) is 0 Å². The zero-order valence-corrected chi connectivity index (χ0v) is 15.1. The molecule has 2 heterocycles. The van der Waals surface area contributed by atoms with E-state index in [4.69, 9.17) is 11.5 Å². The van der Waals surface area contributed by atoms with Crippen molar-refractivity contribution in [1.82, 2.24) is 14.5 Å². The van der Waals surface area contributed by atoms with Crippen LogP contribution in [0.4, 0.5) is 5.82 Å². The van der Waals surface area contributed by atoms with E-state index in [0.717, 1.165) is 44.5 Å². The third-order valence-corrected chi connectivity index (χ3v) is 5.82. The van der Waals surface area contributed by atoms with Crippen LogP contribution in [0.2, 0.25) is 0 Å². The maximum Gasteiger partial charge on any atom is 0.354 e. The molecule has 1 aromatic carbocycles. The highest BCUT2D eigenvalue weighted by atomic mass is 16.1. The van der Waals surface area contributed by atoms with Gasteiger partial charge in [0.2, 0.25) is 0 Å². The Morgan fingerprint density at radius 3 is 2.81 bits per heavy atom. The lowest BCUT2D eigenvalue weighted by atomic mass is 9.87. The lowest BCUT2D eigenvalue weighted by molar-refractivity contribution is 0.186. The number of hydrogen-bond acceptors (Lipinski definition) is 5. The maximum atomic E-state index is 12.1. The van der Waals surface area contributed by atoms with Crippen LogP contribution in [0.15, 0.2) is 35.3 Å². The second kappa shape index (κ2) is 7.21. The van der Waals surface area contributed by atoms with Gasteiger partial charge in [-0.05, 0) is 80.9 Å². The zero-order chi connectivity index (χ0) is 18.1. The molecule has 1 aliphatic carbocycles. The minimum absolute atomic E-state index is 0.254. The molecule has 138 valence electrons. The quantitative estimate of drug-likeness (QED) is 0.854. The number of anilines is 1. The molecule has 4 rings (SSSR count). The third kappa shape index (κ3) is 3.52. The SMILES string of the molecule is Nc1ccn(-c2ccc3c(c2)CCC(N2CCCC(N)CC2)C3)c(=O)n1. The molecule has 0 amide bonds. The second-order valence-corrected chi connectivity index (χ2v) is 7.58. The maximum absolute atomic E-state index is 12.1. The van der Waals surface area contributed by atoms with Gasteiger partial charge in [-0.15, -0.1) is 0 Å². The Bertz CT molecular complexity index is 846. The predicted molar refractivity (Wildman–Crippen MR) is 103 cm³/mol. The number of nitrogens with two attached hydrogens (primary N) is 2. The largest absolute Gasteiger partial charge is 0.383 e. The smallest absolute Gasteiger partial charge is 0.354 e. The fraction of sp³-hybridized carbons (Fsp3) is 0.500. The van der Waals surface area contributed by atoms with E-state index in [2.05, 4.69) is 22.0 Å². The fourth-order valence-electron chi connectivity index (χ4n) is 4.31. The van der Waals surface area contributed by atoms with Crippen molar-refractivity contribution in [3.8, 4) is 5.69 Å². The number of nitrogens with zero attached hydrogens (tertiary/aromatic N) is 3. The van der Waals surface area contributed by atoms with Crippen molar-refractivity contribution in [2.45, 2.75) is 50.6 Å². The highest BCUT2D eigenvalue weighted by Gasteiger charge is 2.26. The Hall–Kier alpha value is -2.18. The molecule has 0 bridgehead atoms. The first-order valence-corrected chi connectivity index (χ1v) is 9.57. The van der Waals surface area contributed by atoms with Gasteiger partial charge in [0.15, 0.2) is 0 Å². The summed E-state index contributed by atoms with van der Waals surface area (Å²) in [7, 11) is 0. The van der Waals surface area contributed by atoms with E-state index in [1.165, 1.54) is 24.0 Å². The van der Waals surface area contributed by atoms with Crippen LogP contribution in [0.5, 0.6) is 0 Å². The Morgan fingerprint density at radius 2 is 1.96 bits per heavy atom. The minimum Gasteiger partial charge on any atom is -0.383 e. The molecule has 6 heteroatoms. The molecule has 1 aliphatic heterocycles. The monoisotopic (exact) mass is 353 g/mol. The van der Waals surface area contributed by atoms with Gasteiger partial charge in [-0.2, -0.15) is 4.98 Å². The molecule has 0 radical (unpaired) electrons. The number of aryl methyl sites for hydroxylation is 1. The summed E-state index contributed by atoms with van der Waals surface area (Å²) in [6, 6.07) is 8.94. The van der Waals surface area contributed by atoms with Crippen molar-refractivity contribution in [1.29, 1.82) is 0 Å². The van der Waals surface area contributed by atoms with E-state index >= 15 is 0 Å². The number of fused-ring (bicyclic) bond motifs is 1. The van der Waals surface area contributed by atoms with E-state index < -0.39 is 0 Å². The van der Waals surface area contributed by atoms with Gasteiger partial charge >= 0.3 is 5.69 Å². The Kier molecular flexibility index (Phi) is 4.78. The number of aromatic nitrogens is 2. The minimum atomic E-state index is -0.334. The Balaban J connectivity index is 1.53. The summed E-state index contributed by atoms with van der Waals surface area (Å²) in [5.74, 6) is 0.254. The number of hydrogen-bond donors (Lipinski definition) is 2. The van der Waals surface area contributed by atoms with Gasteiger partial charge in [-0.25, -0.2) is 4.79 Å². The molecule has 4 N–H and O–H groups in total. The first kappa shape index (κ1) is 17.2. The van der Waals surface area contributed by atoms with Crippen molar-refractivity contribution < 1.29 is 0 Å². The van der Waals surface area contributed by atoms with Gasteiger partial charge in [-0.3, -0.25) is 9.47 Å². The summed E-state index contributed by atoms with van der Waals surface area (Å²) in [6.45, 7) is 2.28. The lowest BCUT2D eigenvalue weighted by Crippen LogP contribution is -2.40. The van der Waals surface area contributed by atoms with Crippen LogP contribution < -0.4 is 17.2 Å². The predicted octanol–water partition coefficient (Wildman–Crippen LogP) is 1.49.